The van der Waals surface area contributed by atoms with Crippen LogP contribution in [0.2, 0.25) is 0 Å². The zero-order chi connectivity index (χ0) is 8.67. The predicted octanol–water partition coefficient (Wildman–Crippen LogP) is -2.28. The average Bonchev–Trinajstić information content (AvgIpc) is 2.56. The first-order valence-electron chi connectivity index (χ1n) is 4.48. The Bertz CT molecular complexity index is 522. The monoisotopic (exact) mass is 283 g/mol. The third kappa shape index (κ3) is 2.47. The van der Waals surface area contributed by atoms with Crippen molar-refractivity contribution in [3.8, 4) is 0 Å². The second-order valence-corrected chi connectivity index (χ2v) is 3.32. The van der Waals surface area contributed by atoms with Crippen LogP contribution in [-0.4, -0.2) is 0 Å². The van der Waals surface area contributed by atoms with Crippen LogP contribution in [-0.2, 0) is 21.7 Å². The number of benzene rings is 2. The van der Waals surface area contributed by atoms with E-state index in [4.69, 9.17) is 0 Å². The van der Waals surface area contributed by atoms with E-state index in [1.165, 1.54) is 21.5 Å². The van der Waals surface area contributed by atoms with Crippen LogP contribution in [0.3, 0.4) is 0 Å². The topological polar surface area (TPSA) is 0 Å². The number of hydrogen-bond acceptors (Lipinski definition) is 0. The molecule has 0 saturated carbocycles. The maximum atomic E-state index is 2.24. The molecular formula is C13H9Cl2Ti. The molecule has 0 aliphatic rings. The molecule has 0 bridgehead atoms. The van der Waals surface area contributed by atoms with Crippen LogP contribution < -0.4 is 24.8 Å². The first kappa shape index (κ1) is 15.6. The molecule has 0 spiro atoms. The summed E-state index contributed by atoms with van der Waals surface area (Å²) in [6.07, 6.45) is 0. The van der Waals surface area contributed by atoms with Crippen molar-refractivity contribution in [2.45, 2.75) is 0 Å². The number of rotatable bonds is 0. The summed E-state index contributed by atoms with van der Waals surface area (Å²) in [5.74, 6) is 0. The average molecular weight is 284 g/mol. The molecule has 3 aromatic carbocycles. The summed E-state index contributed by atoms with van der Waals surface area (Å²) in [5.41, 5.74) is 0. The standard InChI is InChI=1S/C13H9.2ClH.Ti/c1-3-7-12-10(5-1)9-11-6-2-4-8-13(11)12;;;/h1-9H;2*1H;/q-1;;;+3/p-2. The van der Waals surface area contributed by atoms with Crippen LogP contribution in [0.15, 0.2) is 54.6 Å². The van der Waals surface area contributed by atoms with Gasteiger partial charge >= 0.3 is 21.7 Å². The van der Waals surface area contributed by atoms with Gasteiger partial charge in [0.05, 0.1) is 0 Å². The largest absolute Gasteiger partial charge is 3.00 e. The van der Waals surface area contributed by atoms with Gasteiger partial charge in [-0.2, -0.15) is 0 Å². The number of fused-ring (bicyclic) bond motifs is 3. The van der Waals surface area contributed by atoms with Crippen molar-refractivity contribution in [3.05, 3.63) is 54.6 Å². The first-order chi connectivity index (χ1) is 6.45. The van der Waals surface area contributed by atoms with Crippen LogP contribution in [0, 0.1) is 0 Å². The fourth-order valence-corrected chi connectivity index (χ4v) is 1.90. The maximum Gasteiger partial charge on any atom is 3.00 e. The molecule has 1 radical (unpaired) electrons. The molecule has 0 aliphatic carbocycles. The SMILES string of the molecule is [Cl-].[Cl-].[Ti+3].c1ccc2c(c1)[cH-]c1ccccc12. The van der Waals surface area contributed by atoms with Gasteiger partial charge in [-0.3, -0.25) is 0 Å². The molecule has 16 heavy (non-hydrogen) atoms. The molecule has 0 fully saturated rings. The van der Waals surface area contributed by atoms with Crippen LogP contribution in [0.5, 0.6) is 0 Å². The molecule has 0 nitrogen and oxygen atoms in total. The zero-order valence-electron chi connectivity index (χ0n) is 8.45. The predicted molar refractivity (Wildman–Crippen MR) is 57.0 cm³/mol. The molecule has 0 unspecified atom stereocenters. The van der Waals surface area contributed by atoms with Gasteiger partial charge in [-0.05, 0) is 0 Å². The second-order valence-electron chi connectivity index (χ2n) is 3.32. The fraction of sp³-hybridized carbons (Fsp3) is 0. The Morgan fingerprint density at radius 3 is 1.44 bits per heavy atom. The van der Waals surface area contributed by atoms with Crippen LogP contribution in [0.25, 0.3) is 21.5 Å². The Balaban J connectivity index is 0.000000750. The molecule has 3 rings (SSSR count). The van der Waals surface area contributed by atoms with Crippen molar-refractivity contribution in [1.29, 1.82) is 0 Å². The Kier molecular flexibility index (Phi) is 6.21. The van der Waals surface area contributed by atoms with Crippen LogP contribution in [0.4, 0.5) is 0 Å². The van der Waals surface area contributed by atoms with Crippen molar-refractivity contribution in [2.75, 3.05) is 0 Å². The van der Waals surface area contributed by atoms with E-state index in [9.17, 15) is 0 Å². The summed E-state index contributed by atoms with van der Waals surface area (Å²) in [5, 5.41) is 5.39. The van der Waals surface area contributed by atoms with E-state index in [0.29, 0.717) is 0 Å². The summed E-state index contributed by atoms with van der Waals surface area (Å²) in [6, 6.07) is 19.3. The van der Waals surface area contributed by atoms with Crippen molar-refractivity contribution in [3.63, 3.8) is 0 Å². The zero-order valence-corrected chi connectivity index (χ0v) is 11.5. The van der Waals surface area contributed by atoms with Crippen molar-refractivity contribution in [2.24, 2.45) is 0 Å². The summed E-state index contributed by atoms with van der Waals surface area (Å²) in [4.78, 5) is 0. The van der Waals surface area contributed by atoms with Gasteiger partial charge in [-0.1, -0.05) is 36.4 Å². The molecule has 0 saturated heterocycles. The molecule has 3 aromatic rings. The van der Waals surface area contributed by atoms with E-state index in [1.54, 1.807) is 0 Å². The summed E-state index contributed by atoms with van der Waals surface area (Å²) in [6.45, 7) is 0. The van der Waals surface area contributed by atoms with Crippen LogP contribution in [0.1, 0.15) is 0 Å². The Labute approximate surface area is 122 Å². The van der Waals surface area contributed by atoms with Gasteiger partial charge in [0.25, 0.3) is 0 Å². The minimum absolute atomic E-state index is 0. The quantitative estimate of drug-likeness (QED) is 0.322. The second kappa shape index (κ2) is 6.37. The molecule has 0 amide bonds. The minimum Gasteiger partial charge on any atom is -1.00 e. The Hall–Kier alpha value is -0.396. The molecular weight excluding hydrogens is 275 g/mol. The third-order valence-corrected chi connectivity index (χ3v) is 2.52. The summed E-state index contributed by atoms with van der Waals surface area (Å²) >= 11 is 0. The normalized spacial score (nSPS) is 9.00. The summed E-state index contributed by atoms with van der Waals surface area (Å²) < 4.78 is 0. The molecule has 0 atom stereocenters. The smallest absolute Gasteiger partial charge is 1.00 e. The number of halogens is 2. The van der Waals surface area contributed by atoms with Gasteiger partial charge in [0.15, 0.2) is 0 Å². The van der Waals surface area contributed by atoms with Gasteiger partial charge < -0.3 is 24.8 Å². The van der Waals surface area contributed by atoms with E-state index >= 15 is 0 Å². The van der Waals surface area contributed by atoms with Crippen molar-refractivity contribution < 1.29 is 46.5 Å². The Morgan fingerprint density at radius 1 is 0.625 bits per heavy atom. The van der Waals surface area contributed by atoms with E-state index in [2.05, 4.69) is 54.6 Å². The van der Waals surface area contributed by atoms with Crippen LogP contribution >= 0.6 is 0 Å². The molecule has 0 aromatic heterocycles. The Morgan fingerprint density at radius 2 is 1.00 bits per heavy atom. The first-order valence-corrected chi connectivity index (χ1v) is 4.48. The van der Waals surface area contributed by atoms with E-state index in [-0.39, 0.29) is 46.5 Å². The molecule has 79 valence electrons. The number of hydrogen-bond donors (Lipinski definition) is 0. The summed E-state index contributed by atoms with van der Waals surface area (Å²) in [7, 11) is 0. The van der Waals surface area contributed by atoms with Gasteiger partial charge in [0.1, 0.15) is 0 Å². The molecule has 0 N–H and O–H groups in total. The van der Waals surface area contributed by atoms with E-state index in [0.717, 1.165) is 0 Å². The maximum absolute atomic E-state index is 2.24. The van der Waals surface area contributed by atoms with Gasteiger partial charge in [-0.25, -0.2) is 0 Å². The van der Waals surface area contributed by atoms with Gasteiger partial charge in [0.2, 0.25) is 0 Å². The molecule has 0 heterocycles. The minimum atomic E-state index is 0. The molecule has 0 aliphatic heterocycles. The molecule has 3 heteroatoms. The third-order valence-electron chi connectivity index (χ3n) is 2.52. The van der Waals surface area contributed by atoms with Crippen molar-refractivity contribution >= 4 is 21.5 Å². The fourth-order valence-electron chi connectivity index (χ4n) is 1.90. The van der Waals surface area contributed by atoms with Gasteiger partial charge in [-0.15, -0.1) is 39.7 Å². The van der Waals surface area contributed by atoms with E-state index in [1.807, 2.05) is 0 Å². The van der Waals surface area contributed by atoms with E-state index < -0.39 is 0 Å². The van der Waals surface area contributed by atoms with Crippen molar-refractivity contribution in [1.82, 2.24) is 0 Å². The van der Waals surface area contributed by atoms with Gasteiger partial charge in [0, 0.05) is 0 Å².